The summed E-state index contributed by atoms with van der Waals surface area (Å²) < 4.78 is 0. The number of aliphatic carboxylic acids is 1. The maximum atomic E-state index is 10.5. The highest BCUT2D eigenvalue weighted by molar-refractivity contribution is 5.73. The number of imidazole rings is 1. The van der Waals surface area contributed by atoms with Crippen LogP contribution >= 0.6 is 0 Å². The van der Waals surface area contributed by atoms with Gasteiger partial charge in [0.15, 0.2) is 6.04 Å². The Kier molecular flexibility index (Phi) is 3.24. The molecule has 0 saturated carbocycles. The Morgan fingerprint density at radius 2 is 2.36 bits per heavy atom. The highest BCUT2D eigenvalue weighted by Gasteiger charge is 2.17. The van der Waals surface area contributed by atoms with Crippen LogP contribution in [0.15, 0.2) is 6.20 Å². The first kappa shape index (κ1) is 10.7. The van der Waals surface area contributed by atoms with E-state index in [0.29, 0.717) is 11.7 Å². The second-order valence-corrected chi connectivity index (χ2v) is 3.71. The highest BCUT2D eigenvalue weighted by atomic mass is 16.4. The summed E-state index contributed by atoms with van der Waals surface area (Å²) in [5, 5.41) is 8.64. The molecule has 5 heteroatoms. The molecule has 1 heterocycles. The van der Waals surface area contributed by atoms with Gasteiger partial charge >= 0.3 is 5.97 Å². The van der Waals surface area contributed by atoms with Crippen molar-refractivity contribution in [3.05, 3.63) is 17.7 Å². The van der Waals surface area contributed by atoms with Crippen molar-refractivity contribution in [2.24, 2.45) is 11.7 Å². The van der Waals surface area contributed by atoms with E-state index >= 15 is 0 Å². The van der Waals surface area contributed by atoms with E-state index in [2.05, 4.69) is 23.8 Å². The number of carbonyl (C=O) groups is 1. The maximum absolute atomic E-state index is 10.5. The summed E-state index contributed by atoms with van der Waals surface area (Å²) in [5.74, 6) is -0.257. The van der Waals surface area contributed by atoms with E-state index in [0.717, 1.165) is 12.1 Å². The summed E-state index contributed by atoms with van der Waals surface area (Å²) in [6.07, 6.45) is 2.48. The summed E-state index contributed by atoms with van der Waals surface area (Å²) in [6.45, 7) is 4.16. The van der Waals surface area contributed by atoms with Crippen LogP contribution in [0.2, 0.25) is 0 Å². The van der Waals surface area contributed by atoms with Gasteiger partial charge in [0, 0.05) is 11.9 Å². The largest absolute Gasteiger partial charge is 0.480 e. The molecule has 0 spiro atoms. The van der Waals surface area contributed by atoms with Crippen molar-refractivity contribution >= 4 is 5.97 Å². The van der Waals surface area contributed by atoms with Crippen LogP contribution in [0.25, 0.3) is 0 Å². The molecule has 5 nitrogen and oxygen atoms in total. The van der Waals surface area contributed by atoms with Gasteiger partial charge in [-0.3, -0.25) is 4.79 Å². The molecule has 4 N–H and O–H groups in total. The Bertz CT molecular complexity index is 320. The minimum Gasteiger partial charge on any atom is -0.480 e. The Morgan fingerprint density at radius 1 is 1.71 bits per heavy atom. The molecular weight excluding hydrogens is 182 g/mol. The zero-order chi connectivity index (χ0) is 10.7. The van der Waals surface area contributed by atoms with E-state index in [4.69, 9.17) is 10.8 Å². The molecule has 0 bridgehead atoms. The third-order valence-corrected chi connectivity index (χ3v) is 1.84. The van der Waals surface area contributed by atoms with Gasteiger partial charge < -0.3 is 15.8 Å². The van der Waals surface area contributed by atoms with Gasteiger partial charge in [-0.25, -0.2) is 4.98 Å². The van der Waals surface area contributed by atoms with Crippen molar-refractivity contribution in [1.82, 2.24) is 9.97 Å². The molecule has 1 aromatic heterocycles. The monoisotopic (exact) mass is 197 g/mol. The highest BCUT2D eigenvalue weighted by Crippen LogP contribution is 2.09. The molecule has 0 radical (unpaired) electrons. The minimum atomic E-state index is -1.07. The van der Waals surface area contributed by atoms with Crippen LogP contribution in [-0.4, -0.2) is 21.0 Å². The first-order chi connectivity index (χ1) is 6.50. The van der Waals surface area contributed by atoms with Gasteiger partial charge in [-0.1, -0.05) is 13.8 Å². The normalized spacial score (nSPS) is 13.1. The van der Waals surface area contributed by atoms with Gasteiger partial charge in [-0.15, -0.1) is 0 Å². The third-order valence-electron chi connectivity index (χ3n) is 1.84. The number of rotatable bonds is 4. The van der Waals surface area contributed by atoms with Gasteiger partial charge in [0.2, 0.25) is 0 Å². The molecule has 1 rings (SSSR count). The predicted molar refractivity (Wildman–Crippen MR) is 51.7 cm³/mol. The van der Waals surface area contributed by atoms with E-state index in [-0.39, 0.29) is 0 Å². The SMILES string of the molecule is CC(C)Cc1cnc(C(N)C(=O)O)[nH]1. The summed E-state index contributed by atoms with van der Waals surface area (Å²) >= 11 is 0. The lowest BCUT2D eigenvalue weighted by atomic mass is 10.1. The molecule has 1 aromatic rings. The fourth-order valence-corrected chi connectivity index (χ4v) is 1.20. The molecule has 0 aliphatic rings. The van der Waals surface area contributed by atoms with Crippen LogP contribution in [0, 0.1) is 5.92 Å². The van der Waals surface area contributed by atoms with Crippen molar-refractivity contribution in [2.45, 2.75) is 26.3 Å². The van der Waals surface area contributed by atoms with E-state index in [1.165, 1.54) is 0 Å². The molecule has 1 atom stereocenters. The smallest absolute Gasteiger partial charge is 0.328 e. The predicted octanol–water partition coefficient (Wildman–Crippen LogP) is 0.693. The zero-order valence-electron chi connectivity index (χ0n) is 8.32. The Hall–Kier alpha value is -1.36. The van der Waals surface area contributed by atoms with Gasteiger partial charge in [-0.05, 0) is 12.3 Å². The first-order valence-electron chi connectivity index (χ1n) is 4.53. The van der Waals surface area contributed by atoms with E-state index in [9.17, 15) is 4.79 Å². The van der Waals surface area contributed by atoms with Gasteiger partial charge in [-0.2, -0.15) is 0 Å². The van der Waals surface area contributed by atoms with Gasteiger partial charge in [0.1, 0.15) is 5.82 Å². The van der Waals surface area contributed by atoms with E-state index in [1.54, 1.807) is 6.20 Å². The number of carboxylic acid groups (broad SMARTS) is 1. The molecular formula is C9H15N3O2. The van der Waals surface area contributed by atoms with Crippen molar-refractivity contribution < 1.29 is 9.90 Å². The Balaban J connectivity index is 2.72. The summed E-state index contributed by atoms with van der Waals surface area (Å²) in [5.41, 5.74) is 6.31. The van der Waals surface area contributed by atoms with Gasteiger partial charge in [0.05, 0.1) is 0 Å². The number of aromatic nitrogens is 2. The fraction of sp³-hybridized carbons (Fsp3) is 0.556. The number of H-pyrrole nitrogens is 1. The lowest BCUT2D eigenvalue weighted by Gasteiger charge is -2.02. The number of nitrogens with zero attached hydrogens (tertiary/aromatic N) is 1. The molecule has 1 unspecified atom stereocenters. The second kappa shape index (κ2) is 4.23. The van der Waals surface area contributed by atoms with Crippen molar-refractivity contribution in [2.75, 3.05) is 0 Å². The van der Waals surface area contributed by atoms with Crippen molar-refractivity contribution in [3.63, 3.8) is 0 Å². The van der Waals surface area contributed by atoms with E-state index in [1.807, 2.05) is 0 Å². The molecule has 0 aliphatic carbocycles. The summed E-state index contributed by atoms with van der Waals surface area (Å²) in [6, 6.07) is -1.06. The minimum absolute atomic E-state index is 0.313. The number of carboxylic acids is 1. The number of aromatic amines is 1. The van der Waals surface area contributed by atoms with Crippen molar-refractivity contribution in [1.29, 1.82) is 0 Å². The molecule has 0 aliphatic heterocycles. The van der Waals surface area contributed by atoms with Crippen LogP contribution < -0.4 is 5.73 Å². The average molecular weight is 197 g/mol. The summed E-state index contributed by atoms with van der Waals surface area (Å²) in [4.78, 5) is 17.4. The lowest BCUT2D eigenvalue weighted by molar-refractivity contribution is -0.138. The molecule has 0 amide bonds. The lowest BCUT2D eigenvalue weighted by Crippen LogP contribution is -2.21. The first-order valence-corrected chi connectivity index (χ1v) is 4.53. The average Bonchev–Trinajstić information content (AvgIpc) is 2.50. The molecule has 78 valence electrons. The topological polar surface area (TPSA) is 92.0 Å². The van der Waals surface area contributed by atoms with Crippen LogP contribution in [0.3, 0.4) is 0 Å². The maximum Gasteiger partial charge on any atom is 0.328 e. The Morgan fingerprint density at radius 3 is 2.86 bits per heavy atom. The number of nitrogens with one attached hydrogen (secondary N) is 1. The van der Waals surface area contributed by atoms with Crippen LogP contribution in [-0.2, 0) is 11.2 Å². The molecule has 0 fully saturated rings. The quantitative estimate of drug-likeness (QED) is 0.662. The molecule has 14 heavy (non-hydrogen) atoms. The Labute approximate surface area is 82.3 Å². The molecule has 0 aromatic carbocycles. The fourth-order valence-electron chi connectivity index (χ4n) is 1.20. The van der Waals surface area contributed by atoms with Crippen molar-refractivity contribution in [3.8, 4) is 0 Å². The van der Waals surface area contributed by atoms with E-state index < -0.39 is 12.0 Å². The number of hydrogen-bond acceptors (Lipinski definition) is 3. The van der Waals surface area contributed by atoms with Crippen LogP contribution in [0.4, 0.5) is 0 Å². The third kappa shape index (κ3) is 2.56. The second-order valence-electron chi connectivity index (χ2n) is 3.71. The van der Waals surface area contributed by atoms with Crippen LogP contribution in [0.1, 0.15) is 31.4 Å². The number of hydrogen-bond donors (Lipinski definition) is 3. The number of nitrogens with two attached hydrogens (primary N) is 1. The molecule has 0 saturated heterocycles. The van der Waals surface area contributed by atoms with Gasteiger partial charge in [0.25, 0.3) is 0 Å². The standard InChI is InChI=1S/C9H15N3O2/c1-5(2)3-6-4-11-8(12-6)7(10)9(13)14/h4-5,7H,3,10H2,1-2H3,(H,11,12)(H,13,14). The van der Waals surface area contributed by atoms with Crippen LogP contribution in [0.5, 0.6) is 0 Å². The summed E-state index contributed by atoms with van der Waals surface area (Å²) in [7, 11) is 0. The zero-order valence-corrected chi connectivity index (χ0v) is 8.32.